The number of phosphoric ester groups is 1. The number of carbonyl (C=O) groups is 3. The Morgan fingerprint density at radius 3 is 2.52 bits per heavy atom. The van der Waals surface area contributed by atoms with Gasteiger partial charge in [0.15, 0.2) is 17.7 Å². The van der Waals surface area contributed by atoms with Crippen LogP contribution in [-0.4, -0.2) is 99.5 Å². The molecule has 0 bridgehead atoms. The van der Waals surface area contributed by atoms with Crippen molar-refractivity contribution in [3.63, 3.8) is 0 Å². The van der Waals surface area contributed by atoms with Crippen LogP contribution in [0.4, 0.5) is 16.2 Å². The van der Waals surface area contributed by atoms with Crippen molar-refractivity contribution in [2.24, 2.45) is 0 Å². The van der Waals surface area contributed by atoms with Crippen LogP contribution in [0.15, 0.2) is 65.8 Å². The van der Waals surface area contributed by atoms with Crippen molar-refractivity contribution in [2.45, 2.75) is 80.8 Å². The predicted molar refractivity (Wildman–Crippen MR) is 235 cm³/mol. The van der Waals surface area contributed by atoms with E-state index in [9.17, 15) is 33.8 Å². The van der Waals surface area contributed by atoms with E-state index in [1.807, 2.05) is 38.1 Å². The van der Waals surface area contributed by atoms with Crippen LogP contribution in [0.2, 0.25) is 0 Å². The average molecular weight is 915 g/mol. The van der Waals surface area contributed by atoms with Crippen LogP contribution >= 0.6 is 41.0 Å². The van der Waals surface area contributed by atoms with Gasteiger partial charge in [0.25, 0.3) is 5.91 Å². The molecule has 15 nitrogen and oxygen atoms in total. The van der Waals surface area contributed by atoms with Crippen LogP contribution in [-0.2, 0) is 14.1 Å². The second-order valence-electron chi connectivity index (χ2n) is 15.2. The number of anilines is 2. The fourth-order valence-corrected chi connectivity index (χ4v) is 10.5. The van der Waals surface area contributed by atoms with E-state index < -0.39 is 26.2 Å². The molecule has 1 saturated heterocycles. The Morgan fingerprint density at radius 1 is 1.03 bits per heavy atom. The Morgan fingerprint density at radius 2 is 1.80 bits per heavy atom. The van der Waals surface area contributed by atoms with Gasteiger partial charge in [0.2, 0.25) is 5.91 Å². The van der Waals surface area contributed by atoms with Crippen molar-refractivity contribution >= 4 is 81.1 Å². The van der Waals surface area contributed by atoms with Crippen LogP contribution in [0, 0.1) is 6.92 Å². The maximum absolute atomic E-state index is 13.9. The minimum atomic E-state index is -4.89. The smallest absolute Gasteiger partial charge is 0.493 e. The minimum Gasteiger partial charge on any atom is -0.493 e. The third kappa shape index (κ3) is 10.0. The van der Waals surface area contributed by atoms with Gasteiger partial charge in [-0.15, -0.1) is 11.6 Å². The first kappa shape index (κ1) is 44.8. The van der Waals surface area contributed by atoms with Crippen LogP contribution in [0.3, 0.4) is 0 Å². The highest BCUT2D eigenvalue weighted by Gasteiger charge is 2.45. The Balaban J connectivity index is 0.998. The molecule has 3 aliphatic rings. The number of rotatable bonds is 16. The van der Waals surface area contributed by atoms with Crippen LogP contribution < -0.4 is 23.8 Å². The molecule has 0 aliphatic carbocycles. The lowest BCUT2D eigenvalue weighted by Crippen LogP contribution is -2.51. The Hall–Kier alpha value is -4.22. The van der Waals surface area contributed by atoms with Crippen LogP contribution in [0.5, 0.6) is 17.2 Å². The number of ether oxygens (including phenoxy) is 3. The van der Waals surface area contributed by atoms with Gasteiger partial charge in [-0.1, -0.05) is 41.1 Å². The Bertz CT molecular complexity index is 2320. The molecule has 4 heterocycles. The molecule has 3 N–H and O–H groups in total. The number of aliphatic hydroxyl groups is 1. The number of hydrogen-bond donors (Lipinski definition) is 3. The maximum atomic E-state index is 13.9. The molecule has 3 aromatic carbocycles. The fourth-order valence-electron chi connectivity index (χ4n) is 7.99. The predicted octanol–water partition coefficient (Wildman–Crippen LogP) is 8.04. The summed E-state index contributed by atoms with van der Waals surface area (Å²) >= 11 is 6.37. The van der Waals surface area contributed by atoms with Crippen molar-refractivity contribution in [1.29, 1.82) is 0 Å². The molecular weight excluding hydrogens is 867 g/mol. The van der Waals surface area contributed by atoms with Gasteiger partial charge in [0.05, 0.1) is 36.7 Å². The van der Waals surface area contributed by atoms with Crippen molar-refractivity contribution in [3.8, 4) is 17.2 Å². The zero-order valence-corrected chi connectivity index (χ0v) is 37.2. The molecule has 3 amide bonds. The number of aliphatic hydroxyl groups excluding tert-OH is 1. The number of fused-ring (bicyclic) bond motifs is 5. The highest BCUT2D eigenvalue weighted by Crippen LogP contribution is 2.49. The third-order valence-corrected chi connectivity index (χ3v) is 14.5. The normalized spacial score (nSPS) is 19.0. The van der Waals surface area contributed by atoms with Crippen molar-refractivity contribution in [1.82, 2.24) is 9.88 Å². The molecule has 19 heteroatoms. The van der Waals surface area contributed by atoms with E-state index in [1.165, 1.54) is 46.9 Å². The van der Waals surface area contributed by atoms with Crippen molar-refractivity contribution < 1.29 is 52.6 Å². The molecule has 0 saturated carbocycles. The van der Waals surface area contributed by atoms with E-state index >= 15 is 0 Å². The van der Waals surface area contributed by atoms with Crippen molar-refractivity contribution in [3.05, 3.63) is 77.5 Å². The Labute approximate surface area is 366 Å². The number of phosphoric acid groups is 1. The first-order valence-corrected chi connectivity index (χ1v) is 24.3. The lowest BCUT2D eigenvalue weighted by molar-refractivity contribution is -0.118. The average Bonchev–Trinajstić information content (AvgIpc) is 3.87. The van der Waals surface area contributed by atoms with E-state index in [0.29, 0.717) is 61.7 Å². The molecule has 7 rings (SSSR count). The zero-order chi connectivity index (χ0) is 43.4. The standard InChI is InChI=1S/C42H48ClN4O11PS2/c1-25-14-15-37(44-22-25)61-60-26(2)24-57-42(51)47-32-19-36(35(55-3)18-30(32)40(49)45-16-9-12-31(45)41(47)50)56-17-8-4-5-13-38(48)46-23-27(21-43)39-29-11-7-6-10-28(29)34(20-33(39)46)58-59(52,53)54/h6-7,10-11,14-15,18-20,22,26-27,31,41,50H,4-5,8-9,12-13,16-17,21,23-24H2,1-3H3,(H2,52,53,54)/t26?,27-,31+,41?/m1/s1. The Kier molecular flexibility index (Phi) is 14.3. The lowest BCUT2D eigenvalue weighted by Gasteiger charge is -2.32. The summed E-state index contributed by atoms with van der Waals surface area (Å²) in [5.74, 6) is 0.109. The molecule has 1 aromatic heterocycles. The number of aryl methyl sites for hydroxylation is 1. The molecule has 4 atom stereocenters. The topological polar surface area (TPSA) is 188 Å². The summed E-state index contributed by atoms with van der Waals surface area (Å²) in [6.45, 7) is 4.92. The maximum Gasteiger partial charge on any atom is 0.524 e. The summed E-state index contributed by atoms with van der Waals surface area (Å²) in [6, 6.07) is 15.0. The van der Waals surface area contributed by atoms with E-state index in [4.69, 9.17) is 30.3 Å². The van der Waals surface area contributed by atoms with E-state index in [1.54, 1.807) is 28.1 Å². The van der Waals surface area contributed by atoms with E-state index in [0.717, 1.165) is 21.1 Å². The highest BCUT2D eigenvalue weighted by molar-refractivity contribution is 8.76. The summed E-state index contributed by atoms with van der Waals surface area (Å²) < 4.78 is 34.5. The molecule has 2 unspecified atom stereocenters. The van der Waals surface area contributed by atoms with Gasteiger partial charge in [-0.05, 0) is 85.4 Å². The summed E-state index contributed by atoms with van der Waals surface area (Å²) in [4.78, 5) is 69.3. The summed E-state index contributed by atoms with van der Waals surface area (Å²) in [6.07, 6.45) is 2.72. The fraction of sp³-hybridized carbons (Fsp3) is 0.429. The van der Waals surface area contributed by atoms with Crippen molar-refractivity contribution in [2.75, 3.05) is 49.1 Å². The largest absolute Gasteiger partial charge is 0.524 e. The minimum absolute atomic E-state index is 0.0178. The van der Waals surface area contributed by atoms with E-state index in [2.05, 4.69) is 4.98 Å². The number of hydrogen-bond acceptors (Lipinski definition) is 12. The van der Waals surface area contributed by atoms with Gasteiger partial charge < -0.3 is 33.6 Å². The van der Waals surface area contributed by atoms with Gasteiger partial charge in [-0.3, -0.25) is 19.4 Å². The molecule has 61 heavy (non-hydrogen) atoms. The zero-order valence-electron chi connectivity index (χ0n) is 33.9. The number of pyridine rings is 1. The second kappa shape index (κ2) is 19.4. The molecule has 0 radical (unpaired) electrons. The summed E-state index contributed by atoms with van der Waals surface area (Å²) in [5.41, 5.74) is 2.74. The number of amides is 3. The van der Waals surface area contributed by atoms with Gasteiger partial charge in [-0.2, -0.15) is 0 Å². The first-order valence-electron chi connectivity index (χ1n) is 20.0. The number of nitrogens with zero attached hydrogens (tertiary/aromatic N) is 4. The number of methoxy groups -OCH3 is 1. The van der Waals surface area contributed by atoms with Gasteiger partial charge >= 0.3 is 13.9 Å². The van der Waals surface area contributed by atoms with E-state index in [-0.39, 0.29) is 77.0 Å². The quantitative estimate of drug-likeness (QED) is 0.0424. The first-order chi connectivity index (χ1) is 29.3. The third-order valence-electron chi connectivity index (χ3n) is 10.9. The monoisotopic (exact) mass is 914 g/mol. The number of alkyl halides is 1. The SMILES string of the molecule is COc1cc2c(cc1OCCCCCC(=O)N1C[C@@H](CCl)c3c1cc(OP(=O)(O)O)c1ccccc31)N(C(=O)OCC(C)SSc1ccc(C)cn1)C(O)[C@@H]1CCCN1C2=O. The summed E-state index contributed by atoms with van der Waals surface area (Å²) in [7, 11) is -0.448. The van der Waals surface area contributed by atoms with Crippen LogP contribution in [0.25, 0.3) is 10.8 Å². The highest BCUT2D eigenvalue weighted by atomic mass is 35.5. The number of benzene rings is 3. The van der Waals surface area contributed by atoms with Gasteiger partial charge in [0.1, 0.15) is 17.4 Å². The molecule has 1 fully saturated rings. The number of aromatic nitrogens is 1. The van der Waals surface area contributed by atoms with Gasteiger partial charge in [0, 0.05) is 60.3 Å². The number of unbranched alkanes of at least 4 members (excludes halogenated alkanes) is 2. The second-order valence-corrected chi connectivity index (χ2v) is 19.3. The molecule has 3 aliphatic heterocycles. The van der Waals surface area contributed by atoms with Crippen LogP contribution in [0.1, 0.15) is 72.9 Å². The molecule has 326 valence electrons. The number of carbonyl (C=O) groups excluding carboxylic acids is 3. The van der Waals surface area contributed by atoms with Gasteiger partial charge in [-0.25, -0.2) is 19.2 Å². The molecular formula is C42H48ClN4O11PS2. The molecule has 0 spiro atoms. The number of halogens is 1. The summed E-state index contributed by atoms with van der Waals surface area (Å²) in [5, 5.41) is 13.6. The molecule has 4 aromatic rings. The lowest BCUT2D eigenvalue weighted by atomic mass is 9.95.